The molecule has 3 heteroatoms. The van der Waals surface area contributed by atoms with Crippen LogP contribution in [-0.4, -0.2) is 6.04 Å². The van der Waals surface area contributed by atoms with Crippen LogP contribution in [0.5, 0.6) is 0 Å². The number of halogens is 1. The van der Waals surface area contributed by atoms with Crippen molar-refractivity contribution in [1.29, 1.82) is 0 Å². The highest BCUT2D eigenvalue weighted by atomic mass is 19.1. The summed E-state index contributed by atoms with van der Waals surface area (Å²) in [4.78, 5) is 2.29. The lowest BCUT2D eigenvalue weighted by atomic mass is 10.0. The molecule has 0 aliphatic carbocycles. The number of hydrogen-bond donors (Lipinski definition) is 1. The third-order valence-electron chi connectivity index (χ3n) is 3.76. The van der Waals surface area contributed by atoms with Gasteiger partial charge in [-0.25, -0.2) is 4.39 Å². The van der Waals surface area contributed by atoms with Crippen molar-refractivity contribution in [2.45, 2.75) is 32.5 Å². The summed E-state index contributed by atoms with van der Waals surface area (Å²) in [7, 11) is 0. The molecule has 1 heterocycles. The summed E-state index contributed by atoms with van der Waals surface area (Å²) in [5.74, 6) is -0.193. The van der Waals surface area contributed by atoms with Crippen molar-refractivity contribution in [3.05, 3.63) is 65.0 Å². The van der Waals surface area contributed by atoms with E-state index in [1.807, 2.05) is 13.0 Å². The Kier molecular flexibility index (Phi) is 3.45. The molecule has 0 bridgehead atoms. The highest BCUT2D eigenvalue weighted by Gasteiger charge is 2.21. The average Bonchev–Trinajstić information content (AvgIpc) is 2.81. The third kappa shape index (κ3) is 2.54. The summed E-state index contributed by atoms with van der Waals surface area (Å²) in [6.45, 7) is 3.72. The maximum absolute atomic E-state index is 13.5. The average molecular weight is 270 g/mol. The second-order valence-corrected chi connectivity index (χ2v) is 5.58. The lowest BCUT2D eigenvalue weighted by Crippen LogP contribution is -2.22. The van der Waals surface area contributed by atoms with Gasteiger partial charge >= 0.3 is 0 Å². The van der Waals surface area contributed by atoms with Crippen molar-refractivity contribution in [3.8, 4) is 0 Å². The molecule has 2 nitrogen and oxygen atoms in total. The SMILES string of the molecule is CC(N)Cc1cc(F)ccc1N1Cc2ccccc2C1. The third-order valence-corrected chi connectivity index (χ3v) is 3.76. The summed E-state index contributed by atoms with van der Waals surface area (Å²) < 4.78 is 13.5. The van der Waals surface area contributed by atoms with Gasteiger partial charge in [-0.05, 0) is 48.2 Å². The van der Waals surface area contributed by atoms with Crippen molar-refractivity contribution in [3.63, 3.8) is 0 Å². The first-order valence-electron chi connectivity index (χ1n) is 6.99. The number of rotatable bonds is 3. The van der Waals surface area contributed by atoms with Crippen molar-refractivity contribution in [1.82, 2.24) is 0 Å². The van der Waals surface area contributed by atoms with E-state index < -0.39 is 0 Å². The monoisotopic (exact) mass is 270 g/mol. The molecule has 0 fully saturated rings. The van der Waals surface area contributed by atoms with E-state index in [4.69, 9.17) is 5.73 Å². The van der Waals surface area contributed by atoms with Crippen LogP contribution in [0.4, 0.5) is 10.1 Å². The van der Waals surface area contributed by atoms with Crippen molar-refractivity contribution in [2.24, 2.45) is 5.73 Å². The molecule has 0 spiro atoms. The number of fused-ring (bicyclic) bond motifs is 1. The van der Waals surface area contributed by atoms with E-state index in [0.29, 0.717) is 6.42 Å². The predicted molar refractivity (Wildman–Crippen MR) is 80.1 cm³/mol. The zero-order valence-electron chi connectivity index (χ0n) is 11.6. The van der Waals surface area contributed by atoms with Gasteiger partial charge in [-0.3, -0.25) is 0 Å². The van der Waals surface area contributed by atoms with E-state index in [-0.39, 0.29) is 11.9 Å². The highest BCUT2D eigenvalue weighted by molar-refractivity contribution is 5.57. The van der Waals surface area contributed by atoms with Crippen LogP contribution >= 0.6 is 0 Å². The predicted octanol–water partition coefficient (Wildman–Crippen LogP) is 3.24. The molecule has 1 atom stereocenters. The molecule has 2 aromatic carbocycles. The van der Waals surface area contributed by atoms with Crippen LogP contribution in [0.25, 0.3) is 0 Å². The Hall–Kier alpha value is -1.87. The van der Waals surface area contributed by atoms with Gasteiger partial charge < -0.3 is 10.6 Å². The summed E-state index contributed by atoms with van der Waals surface area (Å²) in [5, 5.41) is 0. The molecular weight excluding hydrogens is 251 g/mol. The van der Waals surface area contributed by atoms with Gasteiger partial charge in [0.2, 0.25) is 0 Å². The van der Waals surface area contributed by atoms with Crippen LogP contribution in [0.2, 0.25) is 0 Å². The maximum Gasteiger partial charge on any atom is 0.123 e. The molecule has 0 amide bonds. The van der Waals surface area contributed by atoms with E-state index in [1.54, 1.807) is 6.07 Å². The zero-order valence-corrected chi connectivity index (χ0v) is 11.6. The Balaban J connectivity index is 1.92. The molecule has 1 unspecified atom stereocenters. The van der Waals surface area contributed by atoms with Crippen LogP contribution in [0.3, 0.4) is 0 Å². The molecule has 3 rings (SSSR count). The van der Waals surface area contributed by atoms with E-state index >= 15 is 0 Å². The molecule has 104 valence electrons. The minimum absolute atomic E-state index is 0.0283. The molecule has 0 aromatic heterocycles. The molecule has 1 aliphatic rings. The molecule has 2 aromatic rings. The molecule has 0 radical (unpaired) electrons. The molecule has 0 saturated heterocycles. The van der Waals surface area contributed by atoms with E-state index in [0.717, 1.165) is 24.3 Å². The fourth-order valence-corrected chi connectivity index (χ4v) is 2.88. The molecule has 2 N–H and O–H groups in total. The van der Waals surface area contributed by atoms with Gasteiger partial charge in [-0.15, -0.1) is 0 Å². The van der Waals surface area contributed by atoms with Gasteiger partial charge in [0.1, 0.15) is 5.82 Å². The largest absolute Gasteiger partial charge is 0.363 e. The summed E-state index contributed by atoms with van der Waals surface area (Å²) in [6.07, 6.45) is 0.694. The number of anilines is 1. The molecular formula is C17H19FN2. The zero-order chi connectivity index (χ0) is 14.1. The Labute approximate surface area is 119 Å². The van der Waals surface area contributed by atoms with Gasteiger partial charge in [0, 0.05) is 24.8 Å². The standard InChI is InChI=1S/C17H19FN2/c1-12(19)8-15-9-16(18)6-7-17(15)20-10-13-4-2-3-5-14(13)11-20/h2-7,9,12H,8,10-11,19H2,1H3. The first-order valence-corrected chi connectivity index (χ1v) is 6.99. The first kappa shape index (κ1) is 13.1. The normalized spacial score (nSPS) is 15.2. The van der Waals surface area contributed by atoms with Gasteiger partial charge in [0.15, 0.2) is 0 Å². The van der Waals surface area contributed by atoms with E-state index in [2.05, 4.69) is 29.2 Å². The maximum atomic E-state index is 13.5. The molecule has 1 aliphatic heterocycles. The Morgan fingerprint density at radius 2 is 1.80 bits per heavy atom. The van der Waals surface area contributed by atoms with Gasteiger partial charge in [-0.1, -0.05) is 24.3 Å². The minimum Gasteiger partial charge on any atom is -0.363 e. The molecule has 0 saturated carbocycles. The Morgan fingerprint density at radius 1 is 1.15 bits per heavy atom. The second-order valence-electron chi connectivity index (χ2n) is 5.58. The number of benzene rings is 2. The fraction of sp³-hybridized carbons (Fsp3) is 0.294. The molecule has 20 heavy (non-hydrogen) atoms. The number of hydrogen-bond acceptors (Lipinski definition) is 2. The van der Waals surface area contributed by atoms with Gasteiger partial charge in [0.05, 0.1) is 0 Å². The van der Waals surface area contributed by atoms with Crippen LogP contribution in [0, 0.1) is 5.82 Å². The van der Waals surface area contributed by atoms with Crippen LogP contribution < -0.4 is 10.6 Å². The topological polar surface area (TPSA) is 29.3 Å². The van der Waals surface area contributed by atoms with Crippen molar-refractivity contribution < 1.29 is 4.39 Å². The Bertz CT molecular complexity index is 597. The number of nitrogens with two attached hydrogens (primary N) is 1. The fourth-order valence-electron chi connectivity index (χ4n) is 2.88. The van der Waals surface area contributed by atoms with E-state index in [9.17, 15) is 4.39 Å². The summed E-state index contributed by atoms with van der Waals surface area (Å²) >= 11 is 0. The number of nitrogens with zero attached hydrogens (tertiary/aromatic N) is 1. The van der Waals surface area contributed by atoms with Gasteiger partial charge in [-0.2, -0.15) is 0 Å². The van der Waals surface area contributed by atoms with Crippen molar-refractivity contribution >= 4 is 5.69 Å². The lowest BCUT2D eigenvalue weighted by molar-refractivity contribution is 0.622. The lowest BCUT2D eigenvalue weighted by Gasteiger charge is -2.22. The van der Waals surface area contributed by atoms with Crippen molar-refractivity contribution in [2.75, 3.05) is 4.90 Å². The minimum atomic E-state index is -0.193. The second kappa shape index (κ2) is 5.25. The van der Waals surface area contributed by atoms with Crippen LogP contribution in [-0.2, 0) is 19.5 Å². The first-order chi connectivity index (χ1) is 9.63. The Morgan fingerprint density at radius 3 is 2.40 bits per heavy atom. The van der Waals surface area contributed by atoms with Crippen LogP contribution in [0.15, 0.2) is 42.5 Å². The summed E-state index contributed by atoms with van der Waals surface area (Å²) in [6, 6.07) is 13.5. The smallest absolute Gasteiger partial charge is 0.123 e. The highest BCUT2D eigenvalue weighted by Crippen LogP contribution is 2.31. The van der Waals surface area contributed by atoms with E-state index in [1.165, 1.54) is 17.2 Å². The summed E-state index contributed by atoms with van der Waals surface area (Å²) in [5.41, 5.74) is 10.7. The van der Waals surface area contributed by atoms with Crippen LogP contribution in [0.1, 0.15) is 23.6 Å². The quantitative estimate of drug-likeness (QED) is 0.927. The van der Waals surface area contributed by atoms with Gasteiger partial charge in [0.25, 0.3) is 0 Å².